The molecule has 1 saturated carbocycles. The summed E-state index contributed by atoms with van der Waals surface area (Å²) in [5, 5.41) is 9.57. The highest BCUT2D eigenvalue weighted by atomic mass is 32.1. The molecular formula is C14H14N4OS2. The first-order valence-electron chi connectivity index (χ1n) is 6.86. The van der Waals surface area contributed by atoms with E-state index in [2.05, 4.69) is 10.1 Å². The van der Waals surface area contributed by atoms with Crippen LogP contribution >= 0.6 is 22.7 Å². The van der Waals surface area contributed by atoms with Crippen molar-refractivity contribution in [3.05, 3.63) is 44.1 Å². The van der Waals surface area contributed by atoms with E-state index in [0.29, 0.717) is 12.6 Å². The van der Waals surface area contributed by atoms with E-state index in [0.717, 1.165) is 34.2 Å². The molecule has 0 saturated heterocycles. The van der Waals surface area contributed by atoms with Gasteiger partial charge in [-0.25, -0.2) is 14.5 Å². The van der Waals surface area contributed by atoms with E-state index in [1.165, 1.54) is 0 Å². The third-order valence-electron chi connectivity index (χ3n) is 3.50. The Morgan fingerprint density at radius 3 is 2.86 bits per heavy atom. The van der Waals surface area contributed by atoms with E-state index in [4.69, 9.17) is 0 Å². The molecule has 0 aliphatic heterocycles. The largest absolute Gasteiger partial charge is 0.346 e. The number of aromatic nitrogens is 4. The molecule has 0 radical (unpaired) electrons. The second kappa shape index (κ2) is 4.92. The Morgan fingerprint density at radius 1 is 1.38 bits per heavy atom. The lowest BCUT2D eigenvalue weighted by Gasteiger charge is -1.99. The molecule has 7 heteroatoms. The standard InChI is InChI=1S/C14H14N4OS2/c1-9-15-10(8-21-9)7-17-14(19)18(11-4-5-11)13(16-17)12-3-2-6-20-12/h2-3,6,8,11H,4-5,7H2,1H3. The summed E-state index contributed by atoms with van der Waals surface area (Å²) in [5.74, 6) is 0.796. The van der Waals surface area contributed by atoms with Crippen LogP contribution < -0.4 is 5.69 Å². The van der Waals surface area contributed by atoms with Gasteiger partial charge in [-0.2, -0.15) is 0 Å². The number of nitrogens with zero attached hydrogens (tertiary/aromatic N) is 4. The van der Waals surface area contributed by atoms with Gasteiger partial charge in [-0.3, -0.25) is 4.57 Å². The van der Waals surface area contributed by atoms with Gasteiger partial charge in [0, 0.05) is 11.4 Å². The fraction of sp³-hybridized carbons (Fsp3) is 0.357. The van der Waals surface area contributed by atoms with Crippen LogP contribution in [-0.2, 0) is 6.54 Å². The third-order valence-corrected chi connectivity index (χ3v) is 5.19. The molecule has 0 bridgehead atoms. The molecule has 4 rings (SSSR count). The van der Waals surface area contributed by atoms with Gasteiger partial charge in [-0.1, -0.05) is 6.07 Å². The molecule has 0 amide bonds. The maximum Gasteiger partial charge on any atom is 0.346 e. The Hall–Kier alpha value is -1.73. The van der Waals surface area contributed by atoms with Crippen molar-refractivity contribution >= 4 is 22.7 Å². The van der Waals surface area contributed by atoms with Gasteiger partial charge in [-0.15, -0.1) is 27.8 Å². The van der Waals surface area contributed by atoms with Crippen LogP contribution in [0.4, 0.5) is 0 Å². The van der Waals surface area contributed by atoms with E-state index >= 15 is 0 Å². The van der Waals surface area contributed by atoms with Crippen LogP contribution in [0.1, 0.15) is 29.6 Å². The van der Waals surface area contributed by atoms with E-state index in [9.17, 15) is 4.79 Å². The van der Waals surface area contributed by atoms with Gasteiger partial charge in [0.25, 0.3) is 0 Å². The van der Waals surface area contributed by atoms with E-state index in [1.54, 1.807) is 27.4 Å². The molecule has 5 nitrogen and oxygen atoms in total. The van der Waals surface area contributed by atoms with Crippen molar-refractivity contribution in [2.24, 2.45) is 0 Å². The fourth-order valence-corrected chi connectivity index (χ4v) is 3.70. The van der Waals surface area contributed by atoms with Crippen LogP contribution in [-0.4, -0.2) is 19.3 Å². The molecule has 0 atom stereocenters. The lowest BCUT2D eigenvalue weighted by molar-refractivity contribution is 0.618. The summed E-state index contributed by atoms with van der Waals surface area (Å²) in [5.41, 5.74) is 0.879. The van der Waals surface area contributed by atoms with E-state index < -0.39 is 0 Å². The third kappa shape index (κ3) is 2.36. The Kier molecular flexibility index (Phi) is 3.04. The zero-order valence-electron chi connectivity index (χ0n) is 11.5. The fourth-order valence-electron chi connectivity index (χ4n) is 2.39. The predicted molar refractivity (Wildman–Crippen MR) is 84.0 cm³/mol. The van der Waals surface area contributed by atoms with Crippen molar-refractivity contribution in [2.45, 2.75) is 32.4 Å². The average Bonchev–Trinajstić information content (AvgIpc) is 2.88. The Balaban J connectivity index is 1.78. The van der Waals surface area contributed by atoms with Crippen molar-refractivity contribution in [3.63, 3.8) is 0 Å². The molecule has 1 aliphatic carbocycles. The van der Waals surface area contributed by atoms with Crippen LogP contribution in [0.3, 0.4) is 0 Å². The maximum atomic E-state index is 12.6. The van der Waals surface area contributed by atoms with Crippen molar-refractivity contribution in [2.75, 3.05) is 0 Å². The Labute approximate surface area is 129 Å². The highest BCUT2D eigenvalue weighted by molar-refractivity contribution is 7.13. The van der Waals surface area contributed by atoms with Crippen LogP contribution in [0.2, 0.25) is 0 Å². The second-order valence-electron chi connectivity index (χ2n) is 5.20. The number of hydrogen-bond acceptors (Lipinski definition) is 5. The number of rotatable bonds is 4. The number of thiophene rings is 1. The van der Waals surface area contributed by atoms with Crippen molar-refractivity contribution < 1.29 is 0 Å². The molecule has 21 heavy (non-hydrogen) atoms. The maximum absolute atomic E-state index is 12.6. The summed E-state index contributed by atoms with van der Waals surface area (Å²) in [7, 11) is 0. The van der Waals surface area contributed by atoms with Crippen LogP contribution in [0.25, 0.3) is 10.7 Å². The molecule has 1 fully saturated rings. The smallest absolute Gasteiger partial charge is 0.271 e. The molecule has 3 heterocycles. The first-order valence-corrected chi connectivity index (χ1v) is 8.62. The Morgan fingerprint density at radius 2 is 2.24 bits per heavy atom. The van der Waals surface area contributed by atoms with Gasteiger partial charge in [0.1, 0.15) is 0 Å². The SMILES string of the molecule is Cc1nc(Cn2nc(-c3cccs3)n(C3CC3)c2=O)cs1. The summed E-state index contributed by atoms with van der Waals surface area (Å²) in [6.07, 6.45) is 2.14. The molecule has 3 aromatic rings. The van der Waals surface area contributed by atoms with Crippen LogP contribution in [0.5, 0.6) is 0 Å². The summed E-state index contributed by atoms with van der Waals surface area (Å²) in [6, 6.07) is 4.33. The van der Waals surface area contributed by atoms with Gasteiger partial charge in [0.2, 0.25) is 0 Å². The molecule has 3 aromatic heterocycles. The monoisotopic (exact) mass is 318 g/mol. The topological polar surface area (TPSA) is 52.7 Å². The Bertz CT molecular complexity index is 824. The molecule has 0 spiro atoms. The summed E-state index contributed by atoms with van der Waals surface area (Å²) < 4.78 is 3.40. The minimum absolute atomic E-state index is 0.0217. The normalized spacial score (nSPS) is 14.7. The quantitative estimate of drug-likeness (QED) is 0.743. The zero-order chi connectivity index (χ0) is 14.4. The summed E-state index contributed by atoms with van der Waals surface area (Å²) in [4.78, 5) is 18.1. The first-order chi connectivity index (χ1) is 10.2. The van der Waals surface area contributed by atoms with Crippen molar-refractivity contribution in [3.8, 4) is 10.7 Å². The summed E-state index contributed by atoms with van der Waals surface area (Å²) >= 11 is 3.22. The highest BCUT2D eigenvalue weighted by Crippen LogP contribution is 2.37. The lowest BCUT2D eigenvalue weighted by Crippen LogP contribution is -2.25. The second-order valence-corrected chi connectivity index (χ2v) is 7.21. The zero-order valence-corrected chi connectivity index (χ0v) is 13.2. The van der Waals surface area contributed by atoms with E-state index in [1.807, 2.05) is 34.4 Å². The number of aryl methyl sites for hydroxylation is 1. The molecule has 108 valence electrons. The minimum Gasteiger partial charge on any atom is -0.271 e. The highest BCUT2D eigenvalue weighted by Gasteiger charge is 2.30. The van der Waals surface area contributed by atoms with Crippen LogP contribution in [0, 0.1) is 6.92 Å². The minimum atomic E-state index is -0.0217. The van der Waals surface area contributed by atoms with Crippen LogP contribution in [0.15, 0.2) is 27.7 Å². The van der Waals surface area contributed by atoms with Gasteiger partial charge in [0.05, 0.1) is 22.1 Å². The summed E-state index contributed by atoms with van der Waals surface area (Å²) in [6.45, 7) is 2.41. The first kappa shape index (κ1) is 13.0. The molecular weight excluding hydrogens is 304 g/mol. The van der Waals surface area contributed by atoms with Gasteiger partial charge in [0.15, 0.2) is 5.82 Å². The molecule has 0 unspecified atom stereocenters. The lowest BCUT2D eigenvalue weighted by atomic mass is 10.4. The average molecular weight is 318 g/mol. The number of thiazole rings is 1. The van der Waals surface area contributed by atoms with Crippen molar-refractivity contribution in [1.29, 1.82) is 0 Å². The van der Waals surface area contributed by atoms with Gasteiger partial charge in [-0.05, 0) is 31.2 Å². The van der Waals surface area contributed by atoms with E-state index in [-0.39, 0.29) is 5.69 Å². The molecule has 0 aromatic carbocycles. The predicted octanol–water partition coefficient (Wildman–Crippen LogP) is 2.92. The molecule has 0 N–H and O–H groups in total. The van der Waals surface area contributed by atoms with Crippen molar-refractivity contribution in [1.82, 2.24) is 19.3 Å². The number of hydrogen-bond donors (Lipinski definition) is 0. The van der Waals surface area contributed by atoms with Gasteiger partial charge >= 0.3 is 5.69 Å². The van der Waals surface area contributed by atoms with Gasteiger partial charge < -0.3 is 0 Å². The molecule has 1 aliphatic rings.